The van der Waals surface area contributed by atoms with E-state index in [0.29, 0.717) is 24.0 Å². The Kier molecular flexibility index (Phi) is 12.2. The summed E-state index contributed by atoms with van der Waals surface area (Å²) >= 11 is 10.7. The number of aryl methyl sites for hydroxylation is 1. The van der Waals surface area contributed by atoms with Crippen molar-refractivity contribution in [3.05, 3.63) is 70.3 Å². The molecule has 1 aliphatic rings. The van der Waals surface area contributed by atoms with Crippen molar-refractivity contribution in [2.75, 3.05) is 30.3 Å². The summed E-state index contributed by atoms with van der Waals surface area (Å²) in [7, 11) is 0. The van der Waals surface area contributed by atoms with Crippen LogP contribution < -0.4 is 15.4 Å². The predicted octanol–water partition coefficient (Wildman–Crippen LogP) is 7.52. The molecule has 0 aromatic heterocycles. The van der Waals surface area contributed by atoms with Crippen LogP contribution in [0.3, 0.4) is 0 Å². The summed E-state index contributed by atoms with van der Waals surface area (Å²) in [6.07, 6.45) is 12.9. The van der Waals surface area contributed by atoms with Crippen LogP contribution in [0.25, 0.3) is 0 Å². The van der Waals surface area contributed by atoms with Gasteiger partial charge in [0.15, 0.2) is 0 Å². The molecule has 6 heteroatoms. The Labute approximate surface area is 234 Å². The van der Waals surface area contributed by atoms with Crippen LogP contribution in [0.5, 0.6) is 5.75 Å². The lowest BCUT2D eigenvalue weighted by molar-refractivity contribution is 0.1000. The first kappa shape index (κ1) is 29.4. The summed E-state index contributed by atoms with van der Waals surface area (Å²) in [4.78, 5) is 14.4. The highest BCUT2D eigenvalue weighted by atomic mass is 35.5. The summed E-state index contributed by atoms with van der Waals surface area (Å²) in [5.74, 6) is 2.53. The number of carbonyl (C=O) groups is 1. The SMILES string of the molecule is CC[C@@H](C/C=C/C[C@H](C)CS)CCN1CCc2ccc(Cl)cc2CCCCOc2ccc(C(N)=O)cc21. The third-order valence-corrected chi connectivity index (χ3v) is 8.23. The smallest absolute Gasteiger partial charge is 0.248 e. The standard InChI is InChI=1S/C31H43ClN2O2S/c1-3-24(9-5-4-8-23(2)22-37)15-17-34-18-16-25-11-13-28(32)20-26(25)10-6-7-19-36-30-14-12-27(31(33)35)21-29(30)34/h4-5,11-14,20-21,23-24,37H,3,6-10,15-19,22H2,1-2H3,(H2,33,35)/b5-4+/t23-,24-/m0/s1. The normalized spacial score (nSPS) is 16.2. The Morgan fingerprint density at radius 3 is 2.70 bits per heavy atom. The number of allylic oxidation sites excluding steroid dienone is 2. The number of nitrogens with zero attached hydrogens (tertiary/aromatic N) is 1. The van der Waals surface area contributed by atoms with Crippen LogP contribution in [0.2, 0.25) is 5.02 Å². The summed E-state index contributed by atoms with van der Waals surface area (Å²) in [6.45, 7) is 6.87. The third-order valence-electron chi connectivity index (χ3n) is 7.37. The Balaban J connectivity index is 1.83. The monoisotopic (exact) mass is 542 g/mol. The minimum absolute atomic E-state index is 0.416. The number of benzene rings is 2. The number of carbonyl (C=O) groups excluding carboxylic acids is 1. The molecule has 2 N–H and O–H groups in total. The molecule has 2 aromatic carbocycles. The average molecular weight is 543 g/mol. The van der Waals surface area contributed by atoms with Gasteiger partial charge in [0.1, 0.15) is 5.75 Å². The van der Waals surface area contributed by atoms with Gasteiger partial charge in [0.2, 0.25) is 5.91 Å². The second-order valence-electron chi connectivity index (χ2n) is 10.3. The van der Waals surface area contributed by atoms with Crippen molar-refractivity contribution in [2.24, 2.45) is 17.6 Å². The number of primary amides is 1. The molecule has 2 atom stereocenters. The first-order valence-corrected chi connectivity index (χ1v) is 14.8. The molecule has 1 heterocycles. The van der Waals surface area contributed by atoms with Gasteiger partial charge in [-0.2, -0.15) is 12.6 Å². The Morgan fingerprint density at radius 2 is 1.95 bits per heavy atom. The van der Waals surface area contributed by atoms with Gasteiger partial charge in [0, 0.05) is 23.7 Å². The third kappa shape index (κ3) is 9.30. The van der Waals surface area contributed by atoms with Crippen molar-refractivity contribution in [2.45, 2.75) is 65.2 Å². The molecule has 0 saturated heterocycles. The number of hydrogen-bond acceptors (Lipinski definition) is 4. The molecule has 0 spiro atoms. The van der Waals surface area contributed by atoms with Crippen molar-refractivity contribution in [1.82, 2.24) is 0 Å². The van der Waals surface area contributed by atoms with Gasteiger partial charge in [-0.15, -0.1) is 0 Å². The van der Waals surface area contributed by atoms with E-state index in [1.807, 2.05) is 18.2 Å². The lowest BCUT2D eigenvalue weighted by Crippen LogP contribution is -2.30. The van der Waals surface area contributed by atoms with E-state index >= 15 is 0 Å². The molecule has 4 nitrogen and oxygen atoms in total. The summed E-state index contributed by atoms with van der Waals surface area (Å²) in [5.41, 5.74) is 9.80. The molecule has 0 unspecified atom stereocenters. The molecular formula is C31H43ClN2O2S. The lowest BCUT2D eigenvalue weighted by Gasteiger charge is -2.30. The van der Waals surface area contributed by atoms with Gasteiger partial charge < -0.3 is 15.4 Å². The fourth-order valence-corrected chi connectivity index (χ4v) is 5.18. The van der Waals surface area contributed by atoms with Crippen molar-refractivity contribution in [1.29, 1.82) is 0 Å². The van der Waals surface area contributed by atoms with Crippen LogP contribution in [-0.4, -0.2) is 31.4 Å². The van der Waals surface area contributed by atoms with Gasteiger partial charge in [-0.1, -0.05) is 50.1 Å². The van der Waals surface area contributed by atoms with E-state index in [0.717, 1.165) is 86.7 Å². The maximum Gasteiger partial charge on any atom is 0.248 e. The van der Waals surface area contributed by atoms with Crippen LogP contribution in [-0.2, 0) is 12.8 Å². The van der Waals surface area contributed by atoms with E-state index in [9.17, 15) is 4.79 Å². The summed E-state index contributed by atoms with van der Waals surface area (Å²) in [6, 6.07) is 11.9. The molecule has 0 aliphatic carbocycles. The highest BCUT2D eigenvalue weighted by Gasteiger charge is 2.18. The van der Waals surface area contributed by atoms with E-state index in [4.69, 9.17) is 22.1 Å². The molecule has 0 saturated carbocycles. The fourth-order valence-electron chi connectivity index (χ4n) is 4.84. The highest BCUT2D eigenvalue weighted by Crippen LogP contribution is 2.32. The van der Waals surface area contributed by atoms with Gasteiger partial charge in [-0.05, 0) is 104 Å². The zero-order valence-corrected chi connectivity index (χ0v) is 24.1. The number of nitrogens with two attached hydrogens (primary N) is 1. The van der Waals surface area contributed by atoms with Crippen LogP contribution in [0.4, 0.5) is 5.69 Å². The molecule has 0 fully saturated rings. The van der Waals surface area contributed by atoms with E-state index < -0.39 is 5.91 Å². The molecule has 1 amide bonds. The second kappa shape index (κ2) is 15.3. The van der Waals surface area contributed by atoms with E-state index in [1.165, 1.54) is 11.1 Å². The number of thiol groups is 1. The number of fused-ring (bicyclic) bond motifs is 2. The zero-order valence-electron chi connectivity index (χ0n) is 22.4. The maximum absolute atomic E-state index is 12.0. The minimum Gasteiger partial charge on any atom is -0.491 e. The molecule has 202 valence electrons. The zero-order chi connectivity index (χ0) is 26.6. The molecule has 0 bridgehead atoms. The van der Waals surface area contributed by atoms with E-state index in [2.05, 4.69) is 55.7 Å². The number of amides is 1. The number of halogens is 1. The molecule has 0 radical (unpaired) electrons. The van der Waals surface area contributed by atoms with Crippen molar-refractivity contribution >= 4 is 35.8 Å². The first-order chi connectivity index (χ1) is 17.9. The molecule has 2 aromatic rings. The summed E-state index contributed by atoms with van der Waals surface area (Å²) < 4.78 is 6.25. The Morgan fingerprint density at radius 1 is 1.14 bits per heavy atom. The van der Waals surface area contributed by atoms with Gasteiger partial charge in [0.25, 0.3) is 0 Å². The van der Waals surface area contributed by atoms with Crippen molar-refractivity contribution < 1.29 is 9.53 Å². The molecular weight excluding hydrogens is 500 g/mol. The topological polar surface area (TPSA) is 55.6 Å². The largest absolute Gasteiger partial charge is 0.491 e. The number of ether oxygens (including phenoxy) is 1. The first-order valence-electron chi connectivity index (χ1n) is 13.8. The average Bonchev–Trinajstić information content (AvgIpc) is 2.89. The Bertz CT molecular complexity index is 1040. The van der Waals surface area contributed by atoms with E-state index in [1.54, 1.807) is 6.07 Å². The van der Waals surface area contributed by atoms with Crippen LogP contribution in [0, 0.1) is 11.8 Å². The number of rotatable bonds is 10. The van der Waals surface area contributed by atoms with Crippen LogP contribution >= 0.6 is 24.2 Å². The number of anilines is 1. The van der Waals surface area contributed by atoms with Gasteiger partial charge >= 0.3 is 0 Å². The second-order valence-corrected chi connectivity index (χ2v) is 11.1. The van der Waals surface area contributed by atoms with Crippen LogP contribution in [0.1, 0.15) is 73.9 Å². The highest BCUT2D eigenvalue weighted by molar-refractivity contribution is 7.80. The van der Waals surface area contributed by atoms with Gasteiger partial charge in [-0.25, -0.2) is 0 Å². The molecule has 3 rings (SSSR count). The lowest BCUT2D eigenvalue weighted by atomic mass is 9.96. The van der Waals surface area contributed by atoms with Crippen molar-refractivity contribution in [3.8, 4) is 5.75 Å². The summed E-state index contributed by atoms with van der Waals surface area (Å²) in [5, 5.41) is 0.790. The van der Waals surface area contributed by atoms with E-state index in [-0.39, 0.29) is 0 Å². The van der Waals surface area contributed by atoms with Crippen LogP contribution in [0.15, 0.2) is 48.6 Å². The fraction of sp³-hybridized carbons (Fsp3) is 0.516. The van der Waals surface area contributed by atoms with Crippen molar-refractivity contribution in [3.63, 3.8) is 0 Å². The Hall–Kier alpha value is -2.11. The van der Waals surface area contributed by atoms with Gasteiger partial charge in [-0.3, -0.25) is 4.79 Å². The quantitative estimate of drug-likeness (QED) is 0.241. The number of hydrogen-bond donors (Lipinski definition) is 2. The minimum atomic E-state index is -0.416. The molecule has 37 heavy (non-hydrogen) atoms. The predicted molar refractivity (Wildman–Crippen MR) is 161 cm³/mol. The molecule has 1 aliphatic heterocycles. The van der Waals surface area contributed by atoms with Gasteiger partial charge in [0.05, 0.1) is 12.3 Å². The maximum atomic E-state index is 12.0.